The third-order valence-electron chi connectivity index (χ3n) is 0.175. The molecule has 0 radical (unpaired) electrons. The van der Waals surface area contributed by atoms with Gasteiger partial charge in [0.2, 0.25) is 0 Å². The van der Waals surface area contributed by atoms with E-state index in [1.807, 2.05) is 0 Å². The summed E-state index contributed by atoms with van der Waals surface area (Å²) >= 11 is -2.50. The first-order chi connectivity index (χ1) is 2.27. The molecule has 0 aromatic carbocycles. The number of hydrogen-bond donors (Lipinski definition) is 1. The van der Waals surface area contributed by atoms with Gasteiger partial charge in [0, 0.05) is 0 Å². The molecule has 0 spiro atoms. The second-order valence-electron chi connectivity index (χ2n) is 0.470. The molecule has 0 bridgehead atoms. The molecule has 1 N–H and O–H groups in total. The molecule has 5 heavy (non-hydrogen) atoms. The van der Waals surface area contributed by atoms with Gasteiger partial charge in [-0.15, -0.1) is 0 Å². The van der Waals surface area contributed by atoms with Crippen molar-refractivity contribution in [3.05, 3.63) is 0 Å². The Bertz CT molecular complexity index is 44.9. The summed E-state index contributed by atoms with van der Waals surface area (Å²) < 4.78 is 12.5. The van der Waals surface area contributed by atoms with E-state index in [4.69, 9.17) is 3.44 Å². The first-order valence-corrected chi connectivity index (χ1v) is 7.39. The van der Waals surface area contributed by atoms with Crippen LogP contribution in [0.3, 0.4) is 0 Å². The average molecular weight is 199 g/mol. The molecule has 0 heterocycles. The van der Waals surface area contributed by atoms with Crippen LogP contribution in [0.25, 0.3) is 0 Å². The van der Waals surface area contributed by atoms with E-state index >= 15 is 0 Å². The molecule has 30 valence electrons. The van der Waals surface area contributed by atoms with Crippen molar-refractivity contribution in [1.82, 2.24) is 0 Å². The summed E-state index contributed by atoms with van der Waals surface area (Å²) in [5, 5.41) is 0. The van der Waals surface area contributed by atoms with Crippen LogP contribution in [0.4, 0.5) is 0 Å². The Balaban J connectivity index is 2.85. The predicted molar refractivity (Wildman–Crippen MR) is 22.6 cm³/mol. The van der Waals surface area contributed by atoms with Crippen LogP contribution < -0.4 is 0 Å². The maximum absolute atomic E-state index is 8.15. The van der Waals surface area contributed by atoms with Crippen LogP contribution in [0, 0.1) is 0 Å². The Labute approximate surface area is 41.8 Å². The molecule has 0 unspecified atom stereocenters. The molecule has 0 amide bonds. The monoisotopic (exact) mass is 200 g/mol. The summed E-state index contributed by atoms with van der Waals surface area (Å²) in [7, 11) is 5.74. The molecule has 0 aliphatic heterocycles. The van der Waals surface area contributed by atoms with Gasteiger partial charge < -0.3 is 0 Å². The van der Waals surface area contributed by atoms with E-state index in [1.54, 1.807) is 0 Å². The van der Waals surface area contributed by atoms with Crippen LogP contribution in [-0.4, -0.2) is 29.2 Å². The van der Waals surface area contributed by atoms with Crippen LogP contribution in [0.1, 0.15) is 0 Å². The molecule has 0 fully saturated rings. The van der Waals surface area contributed by atoms with Gasteiger partial charge in [-0.1, -0.05) is 0 Å². The minimum absolute atomic E-state index is 1.43. The summed E-state index contributed by atoms with van der Waals surface area (Å²) in [5.41, 5.74) is 0. The number of hydrogen-bond acceptors (Lipinski definition) is 2. The van der Waals surface area contributed by atoms with Crippen molar-refractivity contribution in [3.8, 4) is 0 Å². The Morgan fingerprint density at radius 1 is 2.00 bits per heavy atom. The Morgan fingerprint density at radius 3 is 2.20 bits per heavy atom. The SMILES string of the molecule is C[O][Sn]([OH])=[S]. The Morgan fingerprint density at radius 2 is 2.20 bits per heavy atom. The van der Waals surface area contributed by atoms with E-state index in [-0.39, 0.29) is 0 Å². The quantitative estimate of drug-likeness (QED) is 0.593. The van der Waals surface area contributed by atoms with E-state index in [1.165, 1.54) is 7.11 Å². The van der Waals surface area contributed by atoms with Crippen LogP contribution in [0.2, 0.25) is 0 Å². The fraction of sp³-hybridized carbons (Fsp3) is 1.00. The number of rotatable bonds is 1. The van der Waals surface area contributed by atoms with Crippen molar-refractivity contribution >= 4 is 27.9 Å². The molecule has 0 saturated carbocycles. The van der Waals surface area contributed by atoms with E-state index in [0.717, 1.165) is 0 Å². The van der Waals surface area contributed by atoms with Gasteiger partial charge in [-0.2, -0.15) is 0 Å². The zero-order valence-electron chi connectivity index (χ0n) is 2.76. The van der Waals surface area contributed by atoms with Gasteiger partial charge >= 0.3 is 41.6 Å². The Hall–Kier alpha value is 0.939. The van der Waals surface area contributed by atoms with Gasteiger partial charge in [-0.3, -0.25) is 0 Å². The van der Waals surface area contributed by atoms with Crippen LogP contribution >= 0.6 is 9.29 Å². The normalized spacial score (nSPS) is 7.60. The van der Waals surface area contributed by atoms with E-state index in [2.05, 4.69) is 12.4 Å². The summed E-state index contributed by atoms with van der Waals surface area (Å²) in [6.45, 7) is 0. The third-order valence-corrected chi connectivity index (χ3v) is 2.29. The van der Waals surface area contributed by atoms with Crippen LogP contribution in [-0.2, 0) is 3.07 Å². The molecular weight excluding hydrogens is 195 g/mol. The Kier molecular flexibility index (Phi) is 3.73. The van der Waals surface area contributed by atoms with Crippen molar-refractivity contribution in [2.24, 2.45) is 0 Å². The molecule has 0 atom stereocenters. The van der Waals surface area contributed by atoms with Crippen molar-refractivity contribution in [2.75, 3.05) is 7.11 Å². The maximum atomic E-state index is 8.15. The molecule has 0 aliphatic carbocycles. The van der Waals surface area contributed by atoms with Gasteiger partial charge in [0.05, 0.1) is 0 Å². The predicted octanol–water partition coefficient (Wildman–Crippen LogP) is -0.193. The molecule has 0 saturated heterocycles. The van der Waals surface area contributed by atoms with Crippen molar-refractivity contribution in [3.63, 3.8) is 0 Å². The molecular formula is CH4O2SSn. The van der Waals surface area contributed by atoms with Crippen LogP contribution in [0.5, 0.6) is 0 Å². The topological polar surface area (TPSA) is 29.5 Å². The first-order valence-electron chi connectivity index (χ1n) is 1.04. The summed E-state index contributed by atoms with van der Waals surface area (Å²) in [6.07, 6.45) is 0. The first kappa shape index (κ1) is 5.94. The summed E-state index contributed by atoms with van der Waals surface area (Å²) in [4.78, 5) is 0. The molecule has 0 aromatic heterocycles. The van der Waals surface area contributed by atoms with E-state index in [0.29, 0.717) is 0 Å². The molecule has 0 rings (SSSR count). The summed E-state index contributed by atoms with van der Waals surface area (Å²) in [5.74, 6) is 0. The van der Waals surface area contributed by atoms with Crippen molar-refractivity contribution in [1.29, 1.82) is 0 Å². The second-order valence-corrected chi connectivity index (χ2v) is 5.50. The van der Waals surface area contributed by atoms with E-state index < -0.39 is 18.6 Å². The van der Waals surface area contributed by atoms with Gasteiger partial charge in [-0.25, -0.2) is 0 Å². The van der Waals surface area contributed by atoms with E-state index in [9.17, 15) is 0 Å². The molecule has 0 aliphatic rings. The molecule has 4 heteroatoms. The van der Waals surface area contributed by atoms with Gasteiger partial charge in [-0.05, 0) is 0 Å². The average Bonchev–Trinajstić information content (AvgIpc) is 1.38. The van der Waals surface area contributed by atoms with Crippen molar-refractivity contribution in [2.45, 2.75) is 0 Å². The van der Waals surface area contributed by atoms with Crippen molar-refractivity contribution < 1.29 is 6.52 Å². The zero-order chi connectivity index (χ0) is 4.28. The zero-order valence-corrected chi connectivity index (χ0v) is 6.43. The molecule has 0 aromatic rings. The third kappa shape index (κ3) is 4.94. The fourth-order valence-corrected chi connectivity index (χ4v) is 0. The minimum atomic E-state index is -2.50. The van der Waals surface area contributed by atoms with Gasteiger partial charge in [0.25, 0.3) is 0 Å². The van der Waals surface area contributed by atoms with Gasteiger partial charge in [0.1, 0.15) is 0 Å². The standard InChI is InChI=1S/CH3O.H2O.S.Sn/c1-2;;;/h1H3;1H2;;/q-1;;;+2/p-1. The second kappa shape index (κ2) is 3.14. The fourth-order valence-electron chi connectivity index (χ4n) is 0. The molecule has 2 nitrogen and oxygen atoms in total. The summed E-state index contributed by atoms with van der Waals surface area (Å²) in [6, 6.07) is 0. The van der Waals surface area contributed by atoms with Crippen LogP contribution in [0.15, 0.2) is 0 Å². The van der Waals surface area contributed by atoms with Gasteiger partial charge in [0.15, 0.2) is 0 Å².